The third-order valence-electron chi connectivity index (χ3n) is 3.81. The fraction of sp³-hybridized carbons (Fsp3) is 0.562. The fourth-order valence-corrected chi connectivity index (χ4v) is 3.74. The molecule has 0 aromatic heterocycles. The van der Waals surface area contributed by atoms with E-state index in [1.54, 1.807) is 11.8 Å². The van der Waals surface area contributed by atoms with E-state index in [1.165, 1.54) is 38.0 Å². The summed E-state index contributed by atoms with van der Waals surface area (Å²) in [6.45, 7) is 6.75. The zero-order chi connectivity index (χ0) is 14.0. The van der Waals surface area contributed by atoms with Gasteiger partial charge in [-0.1, -0.05) is 11.8 Å². The summed E-state index contributed by atoms with van der Waals surface area (Å²) in [5.41, 5.74) is 2.55. The van der Waals surface area contributed by atoms with Gasteiger partial charge >= 0.3 is 0 Å². The Hall–Kier alpha value is -1.16. The molecule has 0 atom stereocenters. The van der Waals surface area contributed by atoms with Crippen molar-refractivity contribution in [2.24, 2.45) is 4.99 Å². The summed E-state index contributed by atoms with van der Waals surface area (Å²) in [6, 6.07) is 8.77. The Morgan fingerprint density at radius 3 is 2.40 bits per heavy atom. The molecule has 0 bridgehead atoms. The number of hydrogen-bond donors (Lipinski definition) is 1. The first kappa shape index (κ1) is 13.8. The van der Waals surface area contributed by atoms with Crippen LogP contribution in [0, 0.1) is 0 Å². The molecule has 3 nitrogen and oxygen atoms in total. The van der Waals surface area contributed by atoms with Gasteiger partial charge in [0, 0.05) is 30.2 Å². The Morgan fingerprint density at radius 2 is 1.80 bits per heavy atom. The molecule has 0 saturated carbocycles. The van der Waals surface area contributed by atoms with Crippen molar-refractivity contribution in [1.29, 1.82) is 0 Å². The van der Waals surface area contributed by atoms with Gasteiger partial charge in [0.1, 0.15) is 0 Å². The molecule has 1 saturated heterocycles. The molecule has 1 aromatic rings. The monoisotopic (exact) mass is 289 g/mol. The molecule has 3 rings (SSSR count). The summed E-state index contributed by atoms with van der Waals surface area (Å²) < 4.78 is 0. The van der Waals surface area contributed by atoms with Crippen molar-refractivity contribution >= 4 is 28.3 Å². The maximum absolute atomic E-state index is 4.69. The van der Waals surface area contributed by atoms with Crippen LogP contribution < -0.4 is 10.2 Å². The Kier molecular flexibility index (Phi) is 3.92. The van der Waals surface area contributed by atoms with Crippen molar-refractivity contribution in [3.63, 3.8) is 0 Å². The van der Waals surface area contributed by atoms with Gasteiger partial charge in [0.2, 0.25) is 0 Å². The first-order valence-corrected chi connectivity index (χ1v) is 8.46. The number of piperidine rings is 1. The Morgan fingerprint density at radius 1 is 1.10 bits per heavy atom. The largest absolute Gasteiger partial charge is 0.372 e. The van der Waals surface area contributed by atoms with Gasteiger partial charge in [0.15, 0.2) is 5.17 Å². The van der Waals surface area contributed by atoms with Crippen molar-refractivity contribution in [1.82, 2.24) is 0 Å². The van der Waals surface area contributed by atoms with Crippen molar-refractivity contribution in [2.45, 2.75) is 38.6 Å². The second-order valence-electron chi connectivity index (χ2n) is 6.24. The molecule has 4 heteroatoms. The zero-order valence-corrected chi connectivity index (χ0v) is 13.2. The molecule has 2 aliphatic heterocycles. The zero-order valence-electron chi connectivity index (χ0n) is 12.4. The predicted octanol–water partition coefficient (Wildman–Crippen LogP) is 3.97. The third-order valence-corrected chi connectivity index (χ3v) is 5.12. The minimum atomic E-state index is 0.0702. The minimum Gasteiger partial charge on any atom is -0.372 e. The van der Waals surface area contributed by atoms with E-state index >= 15 is 0 Å². The number of anilines is 2. The van der Waals surface area contributed by atoms with E-state index in [0.717, 1.165) is 16.6 Å². The Balaban J connectivity index is 1.64. The van der Waals surface area contributed by atoms with E-state index in [1.807, 2.05) is 0 Å². The average Bonchev–Trinajstić information content (AvgIpc) is 2.80. The molecule has 1 aromatic carbocycles. The minimum absolute atomic E-state index is 0.0702. The van der Waals surface area contributed by atoms with Crippen molar-refractivity contribution < 1.29 is 0 Å². The molecule has 0 unspecified atom stereocenters. The molecule has 20 heavy (non-hydrogen) atoms. The van der Waals surface area contributed by atoms with Gasteiger partial charge in [0.05, 0.1) is 5.54 Å². The molecule has 108 valence electrons. The van der Waals surface area contributed by atoms with Gasteiger partial charge in [-0.05, 0) is 57.4 Å². The summed E-state index contributed by atoms with van der Waals surface area (Å²) in [6.07, 6.45) is 4.02. The lowest BCUT2D eigenvalue weighted by molar-refractivity contribution is 0.578. The van der Waals surface area contributed by atoms with Gasteiger partial charge in [-0.2, -0.15) is 0 Å². The number of rotatable bonds is 2. The first-order valence-electron chi connectivity index (χ1n) is 7.47. The number of nitrogens with one attached hydrogen (secondary N) is 1. The van der Waals surface area contributed by atoms with E-state index in [0.29, 0.717) is 0 Å². The topological polar surface area (TPSA) is 27.6 Å². The lowest BCUT2D eigenvalue weighted by atomic mass is 10.1. The lowest BCUT2D eigenvalue weighted by Crippen LogP contribution is -2.29. The number of hydrogen-bond acceptors (Lipinski definition) is 4. The average molecular weight is 289 g/mol. The molecular formula is C16H23N3S. The molecule has 1 fully saturated rings. The Bertz CT molecular complexity index is 487. The van der Waals surface area contributed by atoms with E-state index in [2.05, 4.69) is 53.3 Å². The van der Waals surface area contributed by atoms with Crippen molar-refractivity contribution in [3.8, 4) is 0 Å². The molecule has 2 heterocycles. The van der Waals surface area contributed by atoms with Gasteiger partial charge in [0.25, 0.3) is 0 Å². The summed E-state index contributed by atoms with van der Waals surface area (Å²) >= 11 is 1.80. The lowest BCUT2D eigenvalue weighted by Gasteiger charge is -2.28. The molecule has 0 spiro atoms. The SMILES string of the molecule is CC1(C)CSC(Nc2ccc(N3CCCCC3)cc2)=N1. The first-order chi connectivity index (χ1) is 9.62. The van der Waals surface area contributed by atoms with Crippen LogP contribution in [0.4, 0.5) is 11.4 Å². The van der Waals surface area contributed by atoms with E-state index in [4.69, 9.17) is 0 Å². The van der Waals surface area contributed by atoms with Crippen molar-refractivity contribution in [3.05, 3.63) is 24.3 Å². The van der Waals surface area contributed by atoms with Crippen LogP contribution in [-0.2, 0) is 0 Å². The third kappa shape index (κ3) is 3.29. The van der Waals surface area contributed by atoms with Crippen LogP contribution in [-0.4, -0.2) is 29.5 Å². The van der Waals surface area contributed by atoms with Crippen LogP contribution in [0.3, 0.4) is 0 Å². The number of thioether (sulfide) groups is 1. The quantitative estimate of drug-likeness (QED) is 0.892. The molecular weight excluding hydrogens is 266 g/mol. The predicted molar refractivity (Wildman–Crippen MR) is 90.1 cm³/mol. The number of nitrogens with zero attached hydrogens (tertiary/aromatic N) is 2. The molecule has 2 aliphatic rings. The second kappa shape index (κ2) is 5.68. The summed E-state index contributed by atoms with van der Waals surface area (Å²) in [4.78, 5) is 7.17. The summed E-state index contributed by atoms with van der Waals surface area (Å²) in [5, 5.41) is 4.46. The number of benzene rings is 1. The maximum Gasteiger partial charge on any atom is 0.161 e. The summed E-state index contributed by atoms with van der Waals surface area (Å²) in [5.74, 6) is 1.06. The molecule has 0 aliphatic carbocycles. The van der Waals surface area contributed by atoms with E-state index < -0.39 is 0 Å². The van der Waals surface area contributed by atoms with Gasteiger partial charge in [-0.3, -0.25) is 4.99 Å². The standard InChI is InChI=1S/C16H23N3S/c1-16(2)12-20-15(18-16)17-13-6-8-14(9-7-13)19-10-4-3-5-11-19/h6-9H,3-5,10-12H2,1-2H3,(H,17,18). The number of amidine groups is 1. The van der Waals surface area contributed by atoms with E-state index in [9.17, 15) is 0 Å². The number of aliphatic imine (C=N–C) groups is 1. The highest BCUT2D eigenvalue weighted by Crippen LogP contribution is 2.28. The van der Waals surface area contributed by atoms with Gasteiger partial charge < -0.3 is 10.2 Å². The highest BCUT2D eigenvalue weighted by Gasteiger charge is 2.25. The van der Waals surface area contributed by atoms with Crippen LogP contribution in [0.2, 0.25) is 0 Å². The highest BCUT2D eigenvalue weighted by molar-refractivity contribution is 8.14. The van der Waals surface area contributed by atoms with Crippen LogP contribution in [0.1, 0.15) is 33.1 Å². The fourth-order valence-electron chi connectivity index (χ4n) is 2.68. The molecule has 0 radical (unpaired) electrons. The van der Waals surface area contributed by atoms with Gasteiger partial charge in [-0.15, -0.1) is 0 Å². The second-order valence-corrected chi connectivity index (χ2v) is 7.20. The van der Waals surface area contributed by atoms with Gasteiger partial charge in [-0.25, -0.2) is 0 Å². The highest BCUT2D eigenvalue weighted by atomic mass is 32.2. The smallest absolute Gasteiger partial charge is 0.161 e. The van der Waals surface area contributed by atoms with Crippen molar-refractivity contribution in [2.75, 3.05) is 29.1 Å². The Labute approximate surface area is 125 Å². The maximum atomic E-state index is 4.69. The van der Waals surface area contributed by atoms with Crippen LogP contribution in [0.25, 0.3) is 0 Å². The van der Waals surface area contributed by atoms with Crippen LogP contribution >= 0.6 is 11.8 Å². The molecule has 1 N–H and O–H groups in total. The molecule has 0 amide bonds. The van der Waals surface area contributed by atoms with Crippen LogP contribution in [0.15, 0.2) is 29.3 Å². The van der Waals surface area contributed by atoms with Crippen LogP contribution in [0.5, 0.6) is 0 Å². The summed E-state index contributed by atoms with van der Waals surface area (Å²) in [7, 11) is 0. The normalized spacial score (nSPS) is 21.7. The van der Waals surface area contributed by atoms with E-state index in [-0.39, 0.29) is 5.54 Å².